The van der Waals surface area contributed by atoms with Crippen LogP contribution in [0.5, 0.6) is 0 Å². The largest absolute Gasteiger partial charge is 0.368 e. The van der Waals surface area contributed by atoms with Gasteiger partial charge in [0.1, 0.15) is 0 Å². The summed E-state index contributed by atoms with van der Waals surface area (Å²) < 4.78 is 1.16. The number of benzene rings is 2. The van der Waals surface area contributed by atoms with Gasteiger partial charge in [0.15, 0.2) is 5.13 Å². The van der Waals surface area contributed by atoms with Crippen LogP contribution in [-0.4, -0.2) is 31.2 Å². The van der Waals surface area contributed by atoms with Crippen molar-refractivity contribution in [2.75, 3.05) is 36.0 Å². The topological polar surface area (TPSA) is 19.4 Å². The summed E-state index contributed by atoms with van der Waals surface area (Å²) >= 11 is 7.79. The van der Waals surface area contributed by atoms with E-state index < -0.39 is 0 Å². The van der Waals surface area contributed by atoms with Gasteiger partial charge in [0.25, 0.3) is 0 Å². The van der Waals surface area contributed by atoms with Gasteiger partial charge in [-0.05, 0) is 30.3 Å². The molecule has 3 nitrogen and oxygen atoms in total. The van der Waals surface area contributed by atoms with E-state index in [1.165, 1.54) is 5.69 Å². The first-order valence-corrected chi connectivity index (χ1v) is 8.60. The normalized spacial score (nSPS) is 15.5. The summed E-state index contributed by atoms with van der Waals surface area (Å²) in [6.07, 6.45) is 0. The molecule has 0 N–H and O–H groups in total. The van der Waals surface area contributed by atoms with Crippen LogP contribution < -0.4 is 9.80 Å². The maximum Gasteiger partial charge on any atom is 0.186 e. The Morgan fingerprint density at radius 3 is 2.41 bits per heavy atom. The van der Waals surface area contributed by atoms with Gasteiger partial charge in [-0.25, -0.2) is 4.98 Å². The van der Waals surface area contributed by atoms with E-state index in [9.17, 15) is 0 Å². The van der Waals surface area contributed by atoms with Crippen molar-refractivity contribution >= 4 is 44.0 Å². The van der Waals surface area contributed by atoms with E-state index in [0.717, 1.165) is 46.5 Å². The maximum absolute atomic E-state index is 6.06. The number of halogens is 1. The monoisotopic (exact) mass is 329 g/mol. The number of fused-ring (bicyclic) bond motifs is 1. The number of rotatable bonds is 2. The van der Waals surface area contributed by atoms with Crippen LogP contribution in [0.3, 0.4) is 0 Å². The lowest BCUT2D eigenvalue weighted by Crippen LogP contribution is -2.46. The first-order valence-electron chi connectivity index (χ1n) is 7.41. The van der Waals surface area contributed by atoms with Gasteiger partial charge in [0.2, 0.25) is 0 Å². The molecule has 0 atom stereocenters. The third-order valence-electron chi connectivity index (χ3n) is 4.01. The number of hydrogen-bond acceptors (Lipinski definition) is 4. The van der Waals surface area contributed by atoms with Gasteiger partial charge in [-0.1, -0.05) is 41.1 Å². The zero-order valence-corrected chi connectivity index (χ0v) is 13.6. The summed E-state index contributed by atoms with van der Waals surface area (Å²) in [4.78, 5) is 9.55. The summed E-state index contributed by atoms with van der Waals surface area (Å²) in [5.41, 5.74) is 2.34. The van der Waals surface area contributed by atoms with E-state index in [0.29, 0.717) is 0 Å². The maximum atomic E-state index is 6.06. The Bertz CT molecular complexity index is 779. The molecular formula is C17H16ClN3S. The molecule has 0 unspecified atom stereocenters. The molecular weight excluding hydrogens is 314 g/mol. The fraction of sp³-hybridized carbons (Fsp3) is 0.235. The number of para-hydroxylation sites is 1. The minimum Gasteiger partial charge on any atom is -0.368 e. The summed E-state index contributed by atoms with van der Waals surface area (Å²) in [6, 6.07) is 16.5. The van der Waals surface area contributed by atoms with Crippen molar-refractivity contribution in [1.82, 2.24) is 4.98 Å². The van der Waals surface area contributed by atoms with Crippen molar-refractivity contribution in [3.05, 3.63) is 53.6 Å². The van der Waals surface area contributed by atoms with Crippen molar-refractivity contribution < 1.29 is 0 Å². The van der Waals surface area contributed by atoms with E-state index in [1.807, 2.05) is 18.2 Å². The van der Waals surface area contributed by atoms with Crippen molar-refractivity contribution in [2.24, 2.45) is 0 Å². The number of hydrogen-bond donors (Lipinski definition) is 0. The third-order valence-corrected chi connectivity index (χ3v) is 5.32. The van der Waals surface area contributed by atoms with Gasteiger partial charge in [0.05, 0.1) is 10.2 Å². The molecule has 1 aliphatic rings. The van der Waals surface area contributed by atoms with Gasteiger partial charge < -0.3 is 9.80 Å². The van der Waals surface area contributed by atoms with Crippen molar-refractivity contribution in [3.8, 4) is 0 Å². The van der Waals surface area contributed by atoms with Crippen LogP contribution in [0.15, 0.2) is 48.5 Å². The average molecular weight is 330 g/mol. The Kier molecular flexibility index (Phi) is 3.64. The molecule has 0 bridgehead atoms. The fourth-order valence-electron chi connectivity index (χ4n) is 2.82. The van der Waals surface area contributed by atoms with Crippen LogP contribution in [0.2, 0.25) is 5.02 Å². The number of thiazole rings is 1. The van der Waals surface area contributed by atoms with Crippen LogP contribution in [0.25, 0.3) is 10.2 Å². The van der Waals surface area contributed by atoms with E-state index >= 15 is 0 Å². The molecule has 2 aromatic carbocycles. The third kappa shape index (κ3) is 2.64. The molecule has 3 aromatic rings. The Morgan fingerprint density at radius 2 is 1.64 bits per heavy atom. The lowest BCUT2D eigenvalue weighted by atomic mass is 10.2. The van der Waals surface area contributed by atoms with E-state index in [-0.39, 0.29) is 0 Å². The van der Waals surface area contributed by atoms with Gasteiger partial charge in [-0.3, -0.25) is 0 Å². The summed E-state index contributed by atoms with van der Waals surface area (Å²) in [6.45, 7) is 4.06. The Labute approximate surface area is 138 Å². The lowest BCUT2D eigenvalue weighted by Gasteiger charge is -2.35. The molecule has 0 aliphatic carbocycles. The fourth-order valence-corrected chi connectivity index (χ4v) is 4.11. The molecule has 22 heavy (non-hydrogen) atoms. The van der Waals surface area contributed by atoms with Crippen LogP contribution in [0, 0.1) is 0 Å². The molecule has 0 spiro atoms. The van der Waals surface area contributed by atoms with Gasteiger partial charge >= 0.3 is 0 Å². The molecule has 0 amide bonds. The van der Waals surface area contributed by atoms with E-state index in [4.69, 9.17) is 16.6 Å². The summed E-state index contributed by atoms with van der Waals surface area (Å²) in [5, 5.41) is 1.88. The van der Waals surface area contributed by atoms with Crippen LogP contribution in [0.4, 0.5) is 10.8 Å². The smallest absolute Gasteiger partial charge is 0.186 e. The average Bonchev–Trinajstić information content (AvgIpc) is 2.99. The number of anilines is 2. The van der Waals surface area contributed by atoms with Crippen molar-refractivity contribution in [3.63, 3.8) is 0 Å². The molecule has 5 heteroatoms. The second kappa shape index (κ2) is 5.78. The first kappa shape index (κ1) is 13.9. The van der Waals surface area contributed by atoms with Crippen molar-refractivity contribution in [2.45, 2.75) is 0 Å². The molecule has 4 rings (SSSR count). The highest BCUT2D eigenvalue weighted by atomic mass is 35.5. The predicted molar refractivity (Wildman–Crippen MR) is 95.5 cm³/mol. The molecule has 0 radical (unpaired) electrons. The Hall–Kier alpha value is -1.78. The highest BCUT2D eigenvalue weighted by molar-refractivity contribution is 7.22. The quantitative estimate of drug-likeness (QED) is 0.699. The van der Waals surface area contributed by atoms with Gasteiger partial charge in [-0.15, -0.1) is 0 Å². The van der Waals surface area contributed by atoms with Crippen molar-refractivity contribution in [1.29, 1.82) is 0 Å². The molecule has 1 aromatic heterocycles. The first-order chi connectivity index (χ1) is 10.8. The molecule has 1 aliphatic heterocycles. The Morgan fingerprint density at radius 1 is 0.909 bits per heavy atom. The minimum atomic E-state index is 0.775. The van der Waals surface area contributed by atoms with Gasteiger partial charge in [0, 0.05) is 36.9 Å². The predicted octanol–water partition coefficient (Wildman–Crippen LogP) is 4.28. The lowest BCUT2D eigenvalue weighted by molar-refractivity contribution is 0.652. The highest BCUT2D eigenvalue weighted by Gasteiger charge is 2.19. The Balaban J connectivity index is 1.50. The second-order valence-electron chi connectivity index (χ2n) is 5.42. The minimum absolute atomic E-state index is 0.775. The summed E-state index contributed by atoms with van der Waals surface area (Å²) in [7, 11) is 0. The molecule has 112 valence electrons. The zero-order valence-electron chi connectivity index (χ0n) is 12.1. The number of piperazine rings is 1. The molecule has 1 fully saturated rings. The standard InChI is InChI=1S/C17H16ClN3S/c18-13-6-7-15-16(12-13)22-17(19-15)21-10-8-20(9-11-21)14-4-2-1-3-5-14/h1-7,12H,8-11H2. The zero-order chi connectivity index (χ0) is 14.9. The molecule has 0 saturated carbocycles. The SMILES string of the molecule is Clc1ccc2nc(N3CCN(c4ccccc4)CC3)sc2c1. The molecule has 1 saturated heterocycles. The number of aromatic nitrogens is 1. The van der Waals surface area contributed by atoms with Crippen LogP contribution >= 0.6 is 22.9 Å². The van der Waals surface area contributed by atoms with Crippen LogP contribution in [0.1, 0.15) is 0 Å². The number of nitrogens with zero attached hydrogens (tertiary/aromatic N) is 3. The molecule has 2 heterocycles. The summed E-state index contributed by atoms with van der Waals surface area (Å²) in [5.74, 6) is 0. The second-order valence-corrected chi connectivity index (χ2v) is 6.86. The highest BCUT2D eigenvalue weighted by Crippen LogP contribution is 2.31. The van der Waals surface area contributed by atoms with Gasteiger partial charge in [-0.2, -0.15) is 0 Å². The van der Waals surface area contributed by atoms with E-state index in [2.05, 4.69) is 40.1 Å². The van der Waals surface area contributed by atoms with Crippen LogP contribution in [-0.2, 0) is 0 Å². The van der Waals surface area contributed by atoms with E-state index in [1.54, 1.807) is 11.3 Å².